The van der Waals surface area contributed by atoms with Crippen LogP contribution in [0.25, 0.3) is 5.70 Å². The number of carbonyl (C=O) groups excluding carboxylic acids is 2. The van der Waals surface area contributed by atoms with E-state index in [0.717, 1.165) is 17.5 Å². The van der Waals surface area contributed by atoms with Crippen molar-refractivity contribution in [2.75, 3.05) is 5.73 Å². The van der Waals surface area contributed by atoms with Crippen LogP contribution >= 0.6 is 0 Å². The van der Waals surface area contributed by atoms with Crippen molar-refractivity contribution in [3.63, 3.8) is 0 Å². The van der Waals surface area contributed by atoms with Gasteiger partial charge in [-0.25, -0.2) is 4.79 Å². The number of carbonyl (C=O) groups is 2. The number of ketones is 1. The minimum absolute atomic E-state index is 0.0318. The molecule has 5 heteroatoms. The zero-order valence-electron chi connectivity index (χ0n) is 14.9. The third kappa shape index (κ3) is 3.94. The lowest BCUT2D eigenvalue weighted by Crippen LogP contribution is -2.44. The van der Waals surface area contributed by atoms with Crippen LogP contribution in [0.15, 0.2) is 54.6 Å². The Bertz CT molecular complexity index is 884. The summed E-state index contributed by atoms with van der Waals surface area (Å²) in [7, 11) is 0. The van der Waals surface area contributed by atoms with Crippen molar-refractivity contribution in [1.82, 2.24) is 5.32 Å². The van der Waals surface area contributed by atoms with Gasteiger partial charge in [-0.1, -0.05) is 42.5 Å². The molecule has 5 nitrogen and oxygen atoms in total. The Hall–Kier alpha value is -3.08. The van der Waals surface area contributed by atoms with E-state index in [4.69, 9.17) is 10.5 Å². The fourth-order valence-electron chi connectivity index (χ4n) is 3.07. The van der Waals surface area contributed by atoms with Crippen LogP contribution in [0, 0.1) is 0 Å². The maximum Gasteiger partial charge on any atom is 0.379 e. The highest BCUT2D eigenvalue weighted by molar-refractivity contribution is 6.39. The van der Waals surface area contributed by atoms with Crippen molar-refractivity contribution >= 4 is 23.1 Å². The lowest BCUT2D eigenvalue weighted by molar-refractivity contribution is -0.152. The summed E-state index contributed by atoms with van der Waals surface area (Å²) in [6.07, 6.45) is 2.16. The minimum atomic E-state index is -0.900. The molecule has 1 heterocycles. The Balaban J connectivity index is 1.75. The second kappa shape index (κ2) is 7.04. The number of hydrogen-bond donors (Lipinski definition) is 2. The van der Waals surface area contributed by atoms with Crippen molar-refractivity contribution < 1.29 is 14.3 Å². The van der Waals surface area contributed by atoms with Crippen molar-refractivity contribution in [3.05, 3.63) is 71.3 Å². The van der Waals surface area contributed by atoms with Gasteiger partial charge in [0.05, 0.1) is 0 Å². The number of anilines is 1. The molecule has 0 saturated heterocycles. The SMILES string of the molecule is CC1(C)Cc2ccccc2C(=CC(=O)C(=O)OCc2ccccc2N)N1. The molecule has 0 bridgehead atoms. The zero-order chi connectivity index (χ0) is 18.7. The van der Waals surface area contributed by atoms with Gasteiger partial charge >= 0.3 is 5.97 Å². The quantitative estimate of drug-likeness (QED) is 0.383. The van der Waals surface area contributed by atoms with Crippen LogP contribution < -0.4 is 11.1 Å². The van der Waals surface area contributed by atoms with Crippen LogP contribution in [0.5, 0.6) is 0 Å². The number of para-hydroxylation sites is 1. The first-order chi connectivity index (χ1) is 12.4. The number of esters is 1. The highest BCUT2D eigenvalue weighted by Gasteiger charge is 2.28. The Morgan fingerprint density at radius 1 is 1.15 bits per heavy atom. The average Bonchev–Trinajstić information content (AvgIpc) is 2.59. The monoisotopic (exact) mass is 350 g/mol. The van der Waals surface area contributed by atoms with E-state index in [1.807, 2.05) is 24.3 Å². The number of rotatable bonds is 4. The molecule has 1 aliphatic rings. The molecule has 0 saturated carbocycles. The van der Waals surface area contributed by atoms with Crippen LogP contribution in [-0.4, -0.2) is 17.3 Å². The average molecular weight is 350 g/mol. The van der Waals surface area contributed by atoms with E-state index in [9.17, 15) is 9.59 Å². The molecule has 1 aliphatic heterocycles. The van der Waals surface area contributed by atoms with Crippen LogP contribution in [0.1, 0.15) is 30.5 Å². The van der Waals surface area contributed by atoms with Gasteiger partial charge in [-0.2, -0.15) is 0 Å². The van der Waals surface area contributed by atoms with Gasteiger partial charge in [0.2, 0.25) is 0 Å². The number of hydrogen-bond acceptors (Lipinski definition) is 5. The normalized spacial score (nSPS) is 16.5. The predicted molar refractivity (Wildman–Crippen MR) is 101 cm³/mol. The van der Waals surface area contributed by atoms with Crippen molar-refractivity contribution in [1.29, 1.82) is 0 Å². The number of benzene rings is 2. The summed E-state index contributed by atoms with van der Waals surface area (Å²) in [6, 6.07) is 14.9. The fraction of sp³-hybridized carbons (Fsp3) is 0.238. The summed E-state index contributed by atoms with van der Waals surface area (Å²) >= 11 is 0. The summed E-state index contributed by atoms with van der Waals surface area (Å²) < 4.78 is 5.11. The molecular formula is C21H22N2O3. The Kier molecular flexibility index (Phi) is 4.80. The Labute approximate surface area is 152 Å². The smallest absolute Gasteiger partial charge is 0.379 e. The predicted octanol–water partition coefficient (Wildman–Crippen LogP) is 2.85. The van der Waals surface area contributed by atoms with Crippen molar-refractivity contribution in [2.45, 2.75) is 32.4 Å². The lowest BCUT2D eigenvalue weighted by atomic mass is 9.85. The van der Waals surface area contributed by atoms with Gasteiger partial charge in [0.25, 0.3) is 5.78 Å². The molecule has 3 N–H and O–H groups in total. The summed E-state index contributed by atoms with van der Waals surface area (Å²) in [5.74, 6) is -1.60. The van der Waals surface area contributed by atoms with Crippen molar-refractivity contribution in [3.8, 4) is 0 Å². The van der Waals surface area contributed by atoms with E-state index in [1.54, 1.807) is 24.3 Å². The Morgan fingerprint density at radius 3 is 2.62 bits per heavy atom. The Morgan fingerprint density at radius 2 is 1.85 bits per heavy atom. The first-order valence-corrected chi connectivity index (χ1v) is 8.48. The molecule has 0 atom stereocenters. The lowest BCUT2D eigenvalue weighted by Gasteiger charge is -2.35. The van der Waals surface area contributed by atoms with Crippen LogP contribution in [0.4, 0.5) is 5.69 Å². The molecule has 0 amide bonds. The summed E-state index contributed by atoms with van der Waals surface area (Å²) in [5, 5.41) is 3.33. The van der Waals surface area contributed by atoms with Gasteiger partial charge in [0, 0.05) is 34.1 Å². The molecule has 3 rings (SSSR count). The molecule has 0 fully saturated rings. The summed E-state index contributed by atoms with van der Waals surface area (Å²) in [6.45, 7) is 4.07. The largest absolute Gasteiger partial charge is 0.455 e. The number of nitrogens with one attached hydrogen (secondary N) is 1. The van der Waals surface area contributed by atoms with Gasteiger partial charge in [0.1, 0.15) is 6.61 Å². The number of nitrogen functional groups attached to an aromatic ring is 1. The fourth-order valence-corrected chi connectivity index (χ4v) is 3.07. The molecule has 0 unspecified atom stereocenters. The molecular weight excluding hydrogens is 328 g/mol. The second-order valence-electron chi connectivity index (χ2n) is 7.04. The summed E-state index contributed by atoms with van der Waals surface area (Å²) in [5.41, 5.74) is 9.51. The molecule has 0 aliphatic carbocycles. The molecule has 0 spiro atoms. The third-order valence-corrected chi connectivity index (χ3v) is 4.30. The van der Waals surface area contributed by atoms with Gasteiger partial charge in [-0.15, -0.1) is 0 Å². The molecule has 26 heavy (non-hydrogen) atoms. The maximum absolute atomic E-state index is 12.3. The van der Waals surface area contributed by atoms with E-state index < -0.39 is 11.8 Å². The highest BCUT2D eigenvalue weighted by Crippen LogP contribution is 2.29. The standard InChI is InChI=1S/C21H22N2O3/c1-21(2)12-14-7-3-5-9-16(14)18(23-21)11-19(24)20(25)26-13-15-8-4-6-10-17(15)22/h3-11,23H,12-13,22H2,1-2H3. The zero-order valence-corrected chi connectivity index (χ0v) is 14.9. The number of ether oxygens (including phenoxy) is 1. The second-order valence-corrected chi connectivity index (χ2v) is 7.04. The first-order valence-electron chi connectivity index (χ1n) is 8.48. The highest BCUT2D eigenvalue weighted by atomic mass is 16.5. The van der Waals surface area contributed by atoms with E-state index in [1.165, 1.54) is 6.08 Å². The number of fused-ring (bicyclic) bond motifs is 1. The van der Waals surface area contributed by atoms with Gasteiger partial charge in [-0.3, -0.25) is 4.79 Å². The summed E-state index contributed by atoms with van der Waals surface area (Å²) in [4.78, 5) is 24.4. The van der Waals surface area contributed by atoms with Gasteiger partial charge in [-0.05, 0) is 31.9 Å². The molecule has 2 aromatic rings. The van der Waals surface area contributed by atoms with Gasteiger partial charge < -0.3 is 15.8 Å². The van der Waals surface area contributed by atoms with Crippen molar-refractivity contribution in [2.24, 2.45) is 0 Å². The van der Waals surface area contributed by atoms with E-state index >= 15 is 0 Å². The van der Waals surface area contributed by atoms with E-state index in [-0.39, 0.29) is 12.1 Å². The van der Waals surface area contributed by atoms with E-state index in [2.05, 4.69) is 19.2 Å². The molecule has 0 aromatic heterocycles. The van der Waals surface area contributed by atoms with Crippen LogP contribution in [-0.2, 0) is 27.4 Å². The first kappa shape index (κ1) is 17.7. The van der Waals surface area contributed by atoms with E-state index in [0.29, 0.717) is 16.9 Å². The van der Waals surface area contributed by atoms with Crippen LogP contribution in [0.2, 0.25) is 0 Å². The van der Waals surface area contributed by atoms with Gasteiger partial charge in [0.15, 0.2) is 0 Å². The number of nitrogens with two attached hydrogens (primary N) is 1. The molecule has 2 aromatic carbocycles. The minimum Gasteiger partial charge on any atom is -0.455 e. The maximum atomic E-state index is 12.3. The third-order valence-electron chi connectivity index (χ3n) is 4.30. The topological polar surface area (TPSA) is 81.4 Å². The molecule has 134 valence electrons. The van der Waals surface area contributed by atoms with Crippen LogP contribution in [0.3, 0.4) is 0 Å². The molecule has 0 radical (unpaired) electrons.